The normalized spacial score (nSPS) is 10.2. The number of nitrogens with zero attached hydrogens (tertiary/aromatic N) is 2. The first-order valence-corrected chi connectivity index (χ1v) is 5.79. The highest BCUT2D eigenvalue weighted by Crippen LogP contribution is 2.15. The Morgan fingerprint density at radius 1 is 1.37 bits per heavy atom. The Hall–Kier alpha value is -2.43. The van der Waals surface area contributed by atoms with Gasteiger partial charge in [0.15, 0.2) is 0 Å². The molecule has 0 fully saturated rings. The molecule has 0 aliphatic carbocycles. The minimum Gasteiger partial charge on any atom is -0.399 e. The van der Waals surface area contributed by atoms with Gasteiger partial charge in [-0.3, -0.25) is 9.69 Å². The molecule has 2 aromatic rings. The van der Waals surface area contributed by atoms with E-state index >= 15 is 0 Å². The summed E-state index contributed by atoms with van der Waals surface area (Å²) in [6.45, 7) is 0. The van der Waals surface area contributed by atoms with Gasteiger partial charge in [-0.1, -0.05) is 18.2 Å². The molecule has 19 heavy (non-hydrogen) atoms. The quantitative estimate of drug-likeness (QED) is 0.917. The molecule has 0 bridgehead atoms. The molecule has 98 valence electrons. The summed E-state index contributed by atoms with van der Waals surface area (Å²) in [4.78, 5) is 17.5. The first kappa shape index (κ1) is 13.0. The summed E-state index contributed by atoms with van der Waals surface area (Å²) in [5.41, 5.74) is 6.52. The number of halogens is 1. The highest BCUT2D eigenvalue weighted by Gasteiger charge is 2.14. The van der Waals surface area contributed by atoms with Gasteiger partial charge in [0, 0.05) is 25.0 Å². The maximum atomic E-state index is 13.5. The monoisotopic (exact) mass is 259 g/mol. The average Bonchev–Trinajstić information content (AvgIpc) is 2.40. The van der Waals surface area contributed by atoms with Gasteiger partial charge in [-0.05, 0) is 17.7 Å². The van der Waals surface area contributed by atoms with Gasteiger partial charge in [0.05, 0.1) is 6.42 Å². The van der Waals surface area contributed by atoms with Crippen LogP contribution in [0.1, 0.15) is 5.56 Å². The minimum absolute atomic E-state index is 0.0142. The van der Waals surface area contributed by atoms with Gasteiger partial charge in [-0.15, -0.1) is 0 Å². The Balaban J connectivity index is 2.14. The van der Waals surface area contributed by atoms with E-state index in [0.717, 1.165) is 0 Å². The lowest BCUT2D eigenvalue weighted by atomic mass is 10.1. The third kappa shape index (κ3) is 3.07. The van der Waals surface area contributed by atoms with E-state index in [0.29, 0.717) is 17.1 Å². The van der Waals surface area contributed by atoms with Crippen LogP contribution in [0.4, 0.5) is 15.9 Å². The van der Waals surface area contributed by atoms with Crippen molar-refractivity contribution in [1.82, 2.24) is 4.98 Å². The van der Waals surface area contributed by atoms with E-state index < -0.39 is 0 Å². The summed E-state index contributed by atoms with van der Waals surface area (Å²) >= 11 is 0. The largest absolute Gasteiger partial charge is 0.399 e. The van der Waals surface area contributed by atoms with Gasteiger partial charge in [0.2, 0.25) is 5.91 Å². The molecule has 0 atom stereocenters. The molecule has 1 heterocycles. The lowest BCUT2D eigenvalue weighted by Gasteiger charge is -2.16. The van der Waals surface area contributed by atoms with Crippen LogP contribution in [0.15, 0.2) is 42.6 Å². The standard InChI is InChI=1S/C14H14FN3O/c1-18(13-9-11(16)6-7-17-13)14(19)8-10-4-2-3-5-12(10)15/h2-7,9H,8H2,1H3,(H2,16,17). The number of rotatable bonds is 3. The number of anilines is 2. The molecule has 4 nitrogen and oxygen atoms in total. The van der Waals surface area contributed by atoms with Crippen molar-refractivity contribution in [2.24, 2.45) is 0 Å². The van der Waals surface area contributed by atoms with Crippen LogP contribution in [0, 0.1) is 5.82 Å². The SMILES string of the molecule is CN(C(=O)Cc1ccccc1F)c1cc(N)ccn1. The van der Waals surface area contributed by atoms with Crippen molar-refractivity contribution < 1.29 is 9.18 Å². The van der Waals surface area contributed by atoms with Gasteiger partial charge in [-0.25, -0.2) is 9.37 Å². The molecule has 0 aliphatic rings. The van der Waals surface area contributed by atoms with E-state index in [9.17, 15) is 9.18 Å². The van der Waals surface area contributed by atoms with Crippen molar-refractivity contribution in [3.8, 4) is 0 Å². The van der Waals surface area contributed by atoms with Crippen LogP contribution in [0.2, 0.25) is 0 Å². The highest BCUT2D eigenvalue weighted by atomic mass is 19.1. The Labute approximate surface area is 110 Å². The molecular weight excluding hydrogens is 245 g/mol. The zero-order valence-electron chi connectivity index (χ0n) is 10.5. The molecule has 0 aliphatic heterocycles. The van der Waals surface area contributed by atoms with Crippen LogP contribution in [0.25, 0.3) is 0 Å². The summed E-state index contributed by atoms with van der Waals surface area (Å²) in [7, 11) is 1.59. The first-order chi connectivity index (χ1) is 9.08. The number of pyridine rings is 1. The first-order valence-electron chi connectivity index (χ1n) is 5.79. The predicted octanol–water partition coefficient (Wildman–Crippen LogP) is 2.01. The van der Waals surface area contributed by atoms with E-state index in [2.05, 4.69) is 4.98 Å². The fourth-order valence-corrected chi connectivity index (χ4v) is 1.67. The van der Waals surface area contributed by atoms with Crippen LogP contribution >= 0.6 is 0 Å². The molecule has 2 rings (SSSR count). The topological polar surface area (TPSA) is 59.2 Å². The number of aromatic nitrogens is 1. The van der Waals surface area contributed by atoms with Crippen LogP contribution in [0.3, 0.4) is 0 Å². The number of hydrogen-bond acceptors (Lipinski definition) is 3. The molecule has 2 N–H and O–H groups in total. The molecule has 1 aromatic carbocycles. The molecule has 0 saturated carbocycles. The van der Waals surface area contributed by atoms with Gasteiger partial charge in [-0.2, -0.15) is 0 Å². The second kappa shape index (κ2) is 5.48. The highest BCUT2D eigenvalue weighted by molar-refractivity contribution is 5.93. The number of nitrogens with two attached hydrogens (primary N) is 1. The van der Waals surface area contributed by atoms with Gasteiger partial charge < -0.3 is 5.73 Å². The van der Waals surface area contributed by atoms with E-state index in [-0.39, 0.29) is 18.1 Å². The average molecular weight is 259 g/mol. The summed E-state index contributed by atoms with van der Waals surface area (Å²) < 4.78 is 13.5. The van der Waals surface area contributed by atoms with Crippen LogP contribution in [0.5, 0.6) is 0 Å². The third-order valence-electron chi connectivity index (χ3n) is 2.79. The summed E-state index contributed by atoms with van der Waals surface area (Å²) in [6.07, 6.45) is 1.51. The van der Waals surface area contributed by atoms with E-state index in [1.165, 1.54) is 17.2 Å². The van der Waals surface area contributed by atoms with Crippen LogP contribution in [-0.2, 0) is 11.2 Å². The number of benzene rings is 1. The van der Waals surface area contributed by atoms with Gasteiger partial charge >= 0.3 is 0 Å². The molecule has 0 unspecified atom stereocenters. The third-order valence-corrected chi connectivity index (χ3v) is 2.79. The Kier molecular flexibility index (Phi) is 3.75. The number of hydrogen-bond donors (Lipinski definition) is 1. The summed E-state index contributed by atoms with van der Waals surface area (Å²) in [6, 6.07) is 9.45. The van der Waals surface area contributed by atoms with Gasteiger partial charge in [0.25, 0.3) is 0 Å². The number of likely N-dealkylation sites (N-methyl/N-ethyl adjacent to an activating group) is 1. The number of nitrogen functional groups attached to an aromatic ring is 1. The van der Waals surface area contributed by atoms with Crippen molar-refractivity contribution in [2.45, 2.75) is 6.42 Å². The van der Waals surface area contributed by atoms with Crippen molar-refractivity contribution in [3.05, 3.63) is 54.0 Å². The number of carbonyl (C=O) groups is 1. The van der Waals surface area contributed by atoms with Gasteiger partial charge in [0.1, 0.15) is 11.6 Å². The van der Waals surface area contributed by atoms with Crippen molar-refractivity contribution in [3.63, 3.8) is 0 Å². The smallest absolute Gasteiger partial charge is 0.232 e. The summed E-state index contributed by atoms with van der Waals surface area (Å²) in [5, 5.41) is 0. The second-order valence-electron chi connectivity index (χ2n) is 4.17. The lowest BCUT2D eigenvalue weighted by Crippen LogP contribution is -2.29. The maximum absolute atomic E-state index is 13.5. The number of carbonyl (C=O) groups excluding carboxylic acids is 1. The molecule has 0 spiro atoms. The Bertz CT molecular complexity index is 601. The minimum atomic E-state index is -0.384. The molecule has 1 amide bonds. The Morgan fingerprint density at radius 3 is 2.79 bits per heavy atom. The molecule has 1 aromatic heterocycles. The van der Waals surface area contributed by atoms with Crippen molar-refractivity contribution in [2.75, 3.05) is 17.7 Å². The fourth-order valence-electron chi connectivity index (χ4n) is 1.67. The molecule has 0 radical (unpaired) electrons. The van der Waals surface area contributed by atoms with Crippen molar-refractivity contribution >= 4 is 17.4 Å². The predicted molar refractivity (Wildman–Crippen MR) is 72.2 cm³/mol. The molecule has 0 saturated heterocycles. The van der Waals surface area contributed by atoms with Crippen molar-refractivity contribution in [1.29, 1.82) is 0 Å². The maximum Gasteiger partial charge on any atom is 0.232 e. The molecule has 5 heteroatoms. The van der Waals surface area contributed by atoms with Crippen LogP contribution < -0.4 is 10.6 Å². The van der Waals surface area contributed by atoms with E-state index in [1.807, 2.05) is 0 Å². The molecular formula is C14H14FN3O. The second-order valence-corrected chi connectivity index (χ2v) is 4.17. The van der Waals surface area contributed by atoms with E-state index in [4.69, 9.17) is 5.73 Å². The summed E-state index contributed by atoms with van der Waals surface area (Å²) in [5.74, 6) is -0.186. The zero-order valence-corrected chi connectivity index (χ0v) is 10.5. The zero-order chi connectivity index (χ0) is 13.8. The fraction of sp³-hybridized carbons (Fsp3) is 0.143. The lowest BCUT2D eigenvalue weighted by molar-refractivity contribution is -0.117. The number of amides is 1. The van der Waals surface area contributed by atoms with Crippen LogP contribution in [-0.4, -0.2) is 17.9 Å². The Morgan fingerprint density at radius 2 is 2.11 bits per heavy atom. The van der Waals surface area contributed by atoms with E-state index in [1.54, 1.807) is 37.4 Å².